The van der Waals surface area contributed by atoms with E-state index in [0.29, 0.717) is 0 Å². The van der Waals surface area contributed by atoms with Gasteiger partial charge in [0, 0.05) is 0 Å². The SMILES string of the molecule is CCCCN(CCCC)C(N(CC)CC)=[N+](C)C. The first kappa shape index (κ1) is 17.3. The van der Waals surface area contributed by atoms with Gasteiger partial charge >= 0.3 is 5.96 Å². The maximum atomic E-state index is 2.57. The molecule has 3 nitrogen and oxygen atoms in total. The molecule has 0 fully saturated rings. The fraction of sp³-hybridized carbons (Fsp3) is 0.933. The molecule has 0 aliphatic carbocycles. The van der Waals surface area contributed by atoms with E-state index in [1.807, 2.05) is 0 Å². The highest BCUT2D eigenvalue weighted by Crippen LogP contribution is 2.04. The van der Waals surface area contributed by atoms with Crippen LogP contribution in [0.2, 0.25) is 0 Å². The predicted octanol–water partition coefficient (Wildman–Crippen LogP) is 2.86. The summed E-state index contributed by atoms with van der Waals surface area (Å²) >= 11 is 0. The topological polar surface area (TPSA) is 9.49 Å². The number of hydrogen-bond donors (Lipinski definition) is 0. The van der Waals surface area contributed by atoms with Crippen LogP contribution in [0.1, 0.15) is 53.4 Å². The second-order valence-electron chi connectivity index (χ2n) is 5.06. The van der Waals surface area contributed by atoms with Gasteiger partial charge in [-0.3, -0.25) is 14.4 Å². The van der Waals surface area contributed by atoms with Crippen molar-refractivity contribution in [2.45, 2.75) is 53.4 Å². The van der Waals surface area contributed by atoms with Gasteiger partial charge in [-0.05, 0) is 26.7 Å². The second kappa shape index (κ2) is 10.2. The summed E-state index contributed by atoms with van der Waals surface area (Å²) in [5.74, 6) is 1.39. The van der Waals surface area contributed by atoms with E-state index in [0.717, 1.165) is 13.1 Å². The molecule has 0 unspecified atom stereocenters. The van der Waals surface area contributed by atoms with Gasteiger partial charge in [-0.25, -0.2) is 0 Å². The lowest BCUT2D eigenvalue weighted by molar-refractivity contribution is -0.476. The van der Waals surface area contributed by atoms with Gasteiger partial charge in [0.2, 0.25) is 0 Å². The van der Waals surface area contributed by atoms with E-state index in [1.165, 1.54) is 44.7 Å². The van der Waals surface area contributed by atoms with E-state index >= 15 is 0 Å². The zero-order valence-electron chi connectivity index (χ0n) is 13.5. The quantitative estimate of drug-likeness (QED) is 0.375. The maximum Gasteiger partial charge on any atom is 0.350 e. The van der Waals surface area contributed by atoms with Crippen LogP contribution in [-0.2, 0) is 0 Å². The van der Waals surface area contributed by atoms with Crippen molar-refractivity contribution in [3.05, 3.63) is 0 Å². The van der Waals surface area contributed by atoms with E-state index in [4.69, 9.17) is 0 Å². The van der Waals surface area contributed by atoms with E-state index in [9.17, 15) is 0 Å². The van der Waals surface area contributed by atoms with E-state index in [1.54, 1.807) is 0 Å². The Kier molecular flexibility index (Phi) is 9.80. The number of hydrogen-bond acceptors (Lipinski definition) is 0. The molecule has 0 saturated heterocycles. The van der Waals surface area contributed by atoms with Crippen molar-refractivity contribution in [3.63, 3.8) is 0 Å². The summed E-state index contributed by atoms with van der Waals surface area (Å²) < 4.78 is 2.28. The van der Waals surface area contributed by atoms with Crippen molar-refractivity contribution in [1.82, 2.24) is 9.80 Å². The molecular weight excluding hydrogens is 222 g/mol. The Labute approximate surface area is 114 Å². The molecule has 0 aromatic heterocycles. The molecule has 3 heteroatoms. The van der Waals surface area contributed by atoms with E-state index in [-0.39, 0.29) is 0 Å². The van der Waals surface area contributed by atoms with Crippen LogP contribution in [0.3, 0.4) is 0 Å². The highest BCUT2D eigenvalue weighted by Gasteiger charge is 2.24. The first-order valence-electron chi connectivity index (χ1n) is 7.66. The summed E-state index contributed by atoms with van der Waals surface area (Å²) in [5.41, 5.74) is 0. The molecule has 0 radical (unpaired) electrons. The maximum absolute atomic E-state index is 2.57. The van der Waals surface area contributed by atoms with Gasteiger partial charge in [0.05, 0.1) is 40.3 Å². The lowest BCUT2D eigenvalue weighted by Crippen LogP contribution is -2.49. The lowest BCUT2D eigenvalue weighted by Gasteiger charge is -2.28. The molecule has 0 atom stereocenters. The summed E-state index contributed by atoms with van der Waals surface area (Å²) in [6.07, 6.45) is 5.09. The van der Waals surface area contributed by atoms with Crippen LogP contribution in [0.5, 0.6) is 0 Å². The third kappa shape index (κ3) is 5.74. The Bertz CT molecular complexity index is 220. The van der Waals surface area contributed by atoms with Crippen molar-refractivity contribution < 1.29 is 4.58 Å². The molecule has 18 heavy (non-hydrogen) atoms. The molecule has 0 aliphatic rings. The van der Waals surface area contributed by atoms with Crippen LogP contribution < -0.4 is 0 Å². The largest absolute Gasteiger partial charge is 0.350 e. The molecule has 0 rings (SSSR count). The molecule has 0 spiro atoms. The summed E-state index contributed by atoms with van der Waals surface area (Å²) in [7, 11) is 4.33. The smallest absolute Gasteiger partial charge is 0.270 e. The van der Waals surface area contributed by atoms with Gasteiger partial charge in [-0.2, -0.15) is 0 Å². The van der Waals surface area contributed by atoms with Gasteiger partial charge in [0.1, 0.15) is 0 Å². The van der Waals surface area contributed by atoms with Crippen LogP contribution in [0.4, 0.5) is 0 Å². The van der Waals surface area contributed by atoms with Crippen molar-refractivity contribution in [1.29, 1.82) is 0 Å². The number of rotatable bonds is 8. The van der Waals surface area contributed by atoms with Crippen LogP contribution in [0, 0.1) is 0 Å². The Balaban J connectivity index is 4.90. The number of unbranched alkanes of at least 4 members (excludes halogenated alkanes) is 2. The highest BCUT2D eigenvalue weighted by atomic mass is 15.4. The van der Waals surface area contributed by atoms with Gasteiger partial charge < -0.3 is 0 Å². The molecule has 0 aliphatic heterocycles. The molecule has 0 aromatic carbocycles. The molecule has 0 bridgehead atoms. The van der Waals surface area contributed by atoms with Crippen LogP contribution in [-0.4, -0.2) is 60.6 Å². The van der Waals surface area contributed by atoms with Crippen molar-refractivity contribution in [2.24, 2.45) is 0 Å². The van der Waals surface area contributed by atoms with Gasteiger partial charge in [-0.15, -0.1) is 0 Å². The minimum absolute atomic E-state index is 1.08. The van der Waals surface area contributed by atoms with Crippen molar-refractivity contribution >= 4 is 5.96 Å². The molecule has 0 aromatic rings. The molecule has 0 N–H and O–H groups in total. The molecule has 0 saturated carbocycles. The minimum atomic E-state index is 1.08. The Morgan fingerprint density at radius 1 is 0.778 bits per heavy atom. The Hall–Kier alpha value is -0.730. The summed E-state index contributed by atoms with van der Waals surface area (Å²) in [6.45, 7) is 13.5. The van der Waals surface area contributed by atoms with Crippen LogP contribution >= 0.6 is 0 Å². The highest BCUT2D eigenvalue weighted by molar-refractivity contribution is 5.75. The Morgan fingerprint density at radius 2 is 1.22 bits per heavy atom. The van der Waals surface area contributed by atoms with E-state index in [2.05, 4.69) is 56.2 Å². The zero-order valence-corrected chi connectivity index (χ0v) is 13.5. The number of guanidine groups is 1. The molecule has 0 amide bonds. The molecular formula is C15H34N3+. The number of nitrogens with zero attached hydrogens (tertiary/aromatic N) is 3. The standard InChI is InChI=1S/C15H34N3/c1-7-11-13-18(14-12-8-2)15(16(5)6)17(9-3)10-4/h7-14H2,1-6H3/q+1. The van der Waals surface area contributed by atoms with Gasteiger partial charge in [0.15, 0.2) is 0 Å². The lowest BCUT2D eigenvalue weighted by atomic mass is 10.2. The summed E-state index contributed by atoms with van der Waals surface area (Å²) in [4.78, 5) is 5.03. The summed E-state index contributed by atoms with van der Waals surface area (Å²) in [5, 5.41) is 0. The van der Waals surface area contributed by atoms with Crippen molar-refractivity contribution in [3.8, 4) is 0 Å². The monoisotopic (exact) mass is 256 g/mol. The third-order valence-corrected chi connectivity index (χ3v) is 3.29. The van der Waals surface area contributed by atoms with E-state index < -0.39 is 0 Å². The fourth-order valence-corrected chi connectivity index (χ4v) is 2.28. The average molecular weight is 256 g/mol. The van der Waals surface area contributed by atoms with Crippen LogP contribution in [0.25, 0.3) is 0 Å². The van der Waals surface area contributed by atoms with Crippen molar-refractivity contribution in [2.75, 3.05) is 40.3 Å². The Morgan fingerprint density at radius 3 is 1.50 bits per heavy atom. The normalized spacial score (nSPS) is 10.3. The average Bonchev–Trinajstić information content (AvgIpc) is 2.36. The third-order valence-electron chi connectivity index (χ3n) is 3.29. The predicted molar refractivity (Wildman–Crippen MR) is 81.4 cm³/mol. The first-order chi connectivity index (χ1) is 8.62. The second-order valence-corrected chi connectivity index (χ2v) is 5.06. The first-order valence-corrected chi connectivity index (χ1v) is 7.66. The summed E-state index contributed by atoms with van der Waals surface area (Å²) in [6, 6.07) is 0. The van der Waals surface area contributed by atoms with Gasteiger partial charge in [-0.1, -0.05) is 26.7 Å². The molecule has 0 heterocycles. The molecule has 108 valence electrons. The minimum Gasteiger partial charge on any atom is -0.270 e. The zero-order chi connectivity index (χ0) is 14.0. The van der Waals surface area contributed by atoms with Gasteiger partial charge in [0.25, 0.3) is 0 Å². The van der Waals surface area contributed by atoms with Crippen LogP contribution in [0.15, 0.2) is 0 Å². The fourth-order valence-electron chi connectivity index (χ4n) is 2.28.